The lowest BCUT2D eigenvalue weighted by molar-refractivity contribution is -0.384. The number of anilines is 1. The van der Waals surface area contributed by atoms with Crippen LogP contribution in [0.5, 0.6) is 0 Å². The maximum atomic E-state index is 13.0. The van der Waals surface area contributed by atoms with E-state index in [1.807, 2.05) is 0 Å². The van der Waals surface area contributed by atoms with Gasteiger partial charge in [-0.05, 0) is 23.8 Å². The molecule has 0 bridgehead atoms. The van der Waals surface area contributed by atoms with Gasteiger partial charge in [0, 0.05) is 12.1 Å². The van der Waals surface area contributed by atoms with Crippen LogP contribution in [0.2, 0.25) is 0 Å². The topological polar surface area (TPSA) is 122 Å². The van der Waals surface area contributed by atoms with Crippen LogP contribution in [0.1, 0.15) is 11.1 Å². The quantitative estimate of drug-likeness (QED) is 0.481. The maximum absolute atomic E-state index is 13.0. The van der Waals surface area contributed by atoms with Gasteiger partial charge in [0.15, 0.2) is 6.61 Å². The summed E-state index contributed by atoms with van der Waals surface area (Å²) in [5.74, 6) is -1.94. The fourth-order valence-corrected chi connectivity index (χ4v) is 2.04. The molecule has 2 aromatic carbocycles. The number of rotatable bonds is 6. The normalized spacial score (nSPS) is 9.85. The van der Waals surface area contributed by atoms with Crippen LogP contribution in [0.3, 0.4) is 0 Å². The smallest absolute Gasteiger partial charge is 0.310 e. The molecule has 0 aliphatic heterocycles. The summed E-state index contributed by atoms with van der Waals surface area (Å²) in [6, 6.07) is 10.5. The van der Waals surface area contributed by atoms with Crippen molar-refractivity contribution in [1.82, 2.24) is 0 Å². The van der Waals surface area contributed by atoms with Crippen LogP contribution in [0, 0.1) is 27.3 Å². The van der Waals surface area contributed by atoms with Crippen molar-refractivity contribution < 1.29 is 23.6 Å². The average Bonchev–Trinajstić information content (AvgIpc) is 2.60. The summed E-state index contributed by atoms with van der Waals surface area (Å²) in [7, 11) is 0. The number of carbonyl (C=O) groups is 2. The van der Waals surface area contributed by atoms with Gasteiger partial charge in [-0.3, -0.25) is 19.7 Å². The summed E-state index contributed by atoms with van der Waals surface area (Å²) in [5, 5.41) is 22.0. The van der Waals surface area contributed by atoms with Gasteiger partial charge in [0.1, 0.15) is 11.9 Å². The molecule has 9 heteroatoms. The number of halogens is 1. The number of nitro groups is 1. The van der Waals surface area contributed by atoms with Gasteiger partial charge in [-0.25, -0.2) is 4.39 Å². The number of carbonyl (C=O) groups excluding carboxylic acids is 2. The van der Waals surface area contributed by atoms with Crippen molar-refractivity contribution in [2.45, 2.75) is 6.42 Å². The molecule has 0 radical (unpaired) electrons. The molecule has 0 heterocycles. The molecule has 0 aromatic heterocycles. The van der Waals surface area contributed by atoms with E-state index in [0.29, 0.717) is 5.56 Å². The van der Waals surface area contributed by atoms with E-state index in [0.717, 1.165) is 12.1 Å². The molecule has 0 fully saturated rings. The number of non-ortho nitro benzene ring substituents is 1. The first kappa shape index (κ1) is 18.5. The zero-order valence-corrected chi connectivity index (χ0v) is 13.3. The lowest BCUT2D eigenvalue weighted by Crippen LogP contribution is -2.22. The highest BCUT2D eigenvalue weighted by Gasteiger charge is 2.14. The standard InChI is InChI=1S/C17H12FN3O5/c18-13-3-1-2-11(6-13)7-17(23)26-10-16(22)20-15-5-4-14(21(24)25)8-12(15)9-19/h1-6,8H,7,10H2,(H,20,22). The fourth-order valence-electron chi connectivity index (χ4n) is 2.04. The first-order valence-corrected chi connectivity index (χ1v) is 7.27. The van der Waals surface area contributed by atoms with Gasteiger partial charge in [0.2, 0.25) is 0 Å². The summed E-state index contributed by atoms with van der Waals surface area (Å²) in [5.41, 5.74) is 0.0709. The van der Waals surface area contributed by atoms with Crippen molar-refractivity contribution >= 4 is 23.3 Å². The van der Waals surface area contributed by atoms with E-state index < -0.39 is 29.2 Å². The zero-order chi connectivity index (χ0) is 19.1. The van der Waals surface area contributed by atoms with Crippen LogP contribution in [0.4, 0.5) is 15.8 Å². The lowest BCUT2D eigenvalue weighted by atomic mass is 10.1. The molecule has 2 aromatic rings. The van der Waals surface area contributed by atoms with Crippen molar-refractivity contribution in [3.05, 3.63) is 69.5 Å². The number of benzene rings is 2. The Morgan fingerprint density at radius 2 is 2.04 bits per heavy atom. The fraction of sp³-hybridized carbons (Fsp3) is 0.118. The van der Waals surface area contributed by atoms with Gasteiger partial charge < -0.3 is 10.1 Å². The molecular formula is C17H12FN3O5. The minimum atomic E-state index is -0.727. The molecule has 26 heavy (non-hydrogen) atoms. The van der Waals surface area contributed by atoms with E-state index in [4.69, 9.17) is 10.00 Å². The molecular weight excluding hydrogens is 345 g/mol. The number of nitriles is 1. The second-order valence-electron chi connectivity index (χ2n) is 5.11. The number of nitrogens with zero attached hydrogens (tertiary/aromatic N) is 2. The number of nitro benzene ring substituents is 1. The molecule has 0 aliphatic carbocycles. The predicted molar refractivity (Wildman–Crippen MR) is 87.5 cm³/mol. The highest BCUT2D eigenvalue weighted by atomic mass is 19.1. The van der Waals surface area contributed by atoms with Crippen LogP contribution in [0.15, 0.2) is 42.5 Å². The van der Waals surface area contributed by atoms with E-state index in [1.54, 1.807) is 12.1 Å². The average molecular weight is 357 g/mol. The number of nitrogens with one attached hydrogen (secondary N) is 1. The molecule has 0 saturated carbocycles. The van der Waals surface area contributed by atoms with Gasteiger partial charge >= 0.3 is 5.97 Å². The van der Waals surface area contributed by atoms with Crippen LogP contribution in [-0.4, -0.2) is 23.4 Å². The van der Waals surface area contributed by atoms with Gasteiger partial charge in [0.25, 0.3) is 11.6 Å². The maximum Gasteiger partial charge on any atom is 0.310 e. The van der Waals surface area contributed by atoms with Crippen LogP contribution < -0.4 is 5.32 Å². The Kier molecular flexibility index (Phi) is 5.95. The molecule has 0 atom stereocenters. The molecule has 0 unspecified atom stereocenters. The summed E-state index contributed by atoms with van der Waals surface area (Å²) < 4.78 is 17.8. The third-order valence-corrected chi connectivity index (χ3v) is 3.21. The highest BCUT2D eigenvalue weighted by molar-refractivity contribution is 5.94. The van der Waals surface area contributed by atoms with Gasteiger partial charge in [-0.2, -0.15) is 5.26 Å². The number of esters is 1. The lowest BCUT2D eigenvalue weighted by Gasteiger charge is -2.08. The number of hydrogen-bond donors (Lipinski definition) is 1. The summed E-state index contributed by atoms with van der Waals surface area (Å²) in [4.78, 5) is 33.5. The third kappa shape index (κ3) is 5.10. The molecule has 0 spiro atoms. The van der Waals surface area contributed by atoms with Crippen molar-refractivity contribution in [1.29, 1.82) is 5.26 Å². The largest absolute Gasteiger partial charge is 0.455 e. The van der Waals surface area contributed by atoms with Crippen LogP contribution in [0.25, 0.3) is 0 Å². The Morgan fingerprint density at radius 1 is 1.27 bits per heavy atom. The van der Waals surface area contributed by atoms with E-state index in [9.17, 15) is 24.1 Å². The molecule has 2 rings (SSSR count). The summed E-state index contributed by atoms with van der Waals surface area (Å²) in [6.45, 7) is -0.615. The number of ether oxygens (including phenoxy) is 1. The Labute approximate surface area is 147 Å². The van der Waals surface area contributed by atoms with E-state index in [-0.39, 0.29) is 23.4 Å². The first-order valence-electron chi connectivity index (χ1n) is 7.27. The van der Waals surface area contributed by atoms with Crippen molar-refractivity contribution in [3.8, 4) is 6.07 Å². The van der Waals surface area contributed by atoms with Crippen molar-refractivity contribution in [2.75, 3.05) is 11.9 Å². The van der Waals surface area contributed by atoms with Gasteiger partial charge in [0.05, 0.1) is 22.6 Å². The second-order valence-corrected chi connectivity index (χ2v) is 5.11. The Morgan fingerprint density at radius 3 is 2.69 bits per heavy atom. The Bertz CT molecular complexity index is 908. The SMILES string of the molecule is N#Cc1cc([N+](=O)[O-])ccc1NC(=O)COC(=O)Cc1cccc(F)c1. The molecule has 1 N–H and O–H groups in total. The minimum Gasteiger partial charge on any atom is -0.455 e. The Balaban J connectivity index is 1.91. The number of amides is 1. The van der Waals surface area contributed by atoms with Gasteiger partial charge in [-0.15, -0.1) is 0 Å². The first-order chi connectivity index (χ1) is 12.4. The summed E-state index contributed by atoms with van der Waals surface area (Å²) >= 11 is 0. The summed E-state index contributed by atoms with van der Waals surface area (Å²) in [6.07, 6.45) is -0.202. The Hall–Kier alpha value is -3.80. The zero-order valence-electron chi connectivity index (χ0n) is 13.3. The predicted octanol–water partition coefficient (Wildman–Crippen LogP) is 2.33. The number of hydrogen-bond acceptors (Lipinski definition) is 6. The van der Waals surface area contributed by atoms with E-state index in [1.165, 1.54) is 24.3 Å². The third-order valence-electron chi connectivity index (χ3n) is 3.21. The monoisotopic (exact) mass is 357 g/mol. The molecule has 1 amide bonds. The van der Waals surface area contributed by atoms with Crippen LogP contribution >= 0.6 is 0 Å². The highest BCUT2D eigenvalue weighted by Crippen LogP contribution is 2.21. The van der Waals surface area contributed by atoms with Gasteiger partial charge in [-0.1, -0.05) is 12.1 Å². The van der Waals surface area contributed by atoms with E-state index in [2.05, 4.69) is 5.32 Å². The molecule has 8 nitrogen and oxygen atoms in total. The molecule has 0 saturated heterocycles. The van der Waals surface area contributed by atoms with Crippen molar-refractivity contribution in [3.63, 3.8) is 0 Å². The molecule has 132 valence electrons. The van der Waals surface area contributed by atoms with E-state index >= 15 is 0 Å². The molecule has 0 aliphatic rings. The van der Waals surface area contributed by atoms with Crippen molar-refractivity contribution in [2.24, 2.45) is 0 Å². The minimum absolute atomic E-state index is 0.0595. The second kappa shape index (κ2) is 8.34. The van der Waals surface area contributed by atoms with Crippen LogP contribution in [-0.2, 0) is 20.7 Å².